The average molecular weight is 339 g/mol. The summed E-state index contributed by atoms with van der Waals surface area (Å²) in [6, 6.07) is 4.26. The minimum atomic E-state index is -0.0661. The fraction of sp³-hybridized carbons (Fsp3) is 0.556. The van der Waals surface area contributed by atoms with Crippen LogP contribution in [0.1, 0.15) is 64.7 Å². The van der Waals surface area contributed by atoms with Gasteiger partial charge >= 0.3 is 0 Å². The van der Waals surface area contributed by atoms with Gasteiger partial charge in [0.2, 0.25) is 0 Å². The molecule has 1 aromatic carbocycles. The van der Waals surface area contributed by atoms with Gasteiger partial charge in [0.05, 0.1) is 0 Å². The molecule has 1 nitrogen and oxygen atoms in total. The van der Waals surface area contributed by atoms with Crippen LogP contribution in [-0.2, 0) is 10.8 Å². The molecular formula is C18H27BrO. The third-order valence-corrected chi connectivity index (χ3v) is 3.84. The fourth-order valence-electron chi connectivity index (χ4n) is 2.06. The Balaban J connectivity index is 3.43. The Bertz CT molecular complexity index is 487. The van der Waals surface area contributed by atoms with Crippen LogP contribution >= 0.6 is 15.9 Å². The topological polar surface area (TPSA) is 20.2 Å². The van der Waals surface area contributed by atoms with Crippen LogP contribution in [0.5, 0.6) is 5.75 Å². The number of aromatic hydroxyl groups is 1. The maximum absolute atomic E-state index is 10.6. The highest BCUT2D eigenvalue weighted by atomic mass is 79.9. The molecule has 0 bridgehead atoms. The lowest BCUT2D eigenvalue weighted by atomic mass is 9.79. The zero-order chi connectivity index (χ0) is 15.6. The summed E-state index contributed by atoms with van der Waals surface area (Å²) in [6.07, 6.45) is 5.09. The van der Waals surface area contributed by atoms with Crippen LogP contribution < -0.4 is 0 Å². The normalized spacial score (nSPS) is 13.2. The molecule has 0 saturated carbocycles. The van der Waals surface area contributed by atoms with Gasteiger partial charge in [-0.25, -0.2) is 0 Å². The third-order valence-electron chi connectivity index (χ3n) is 3.39. The monoisotopic (exact) mass is 338 g/mol. The summed E-state index contributed by atoms with van der Waals surface area (Å²) >= 11 is 3.42. The van der Waals surface area contributed by atoms with E-state index < -0.39 is 0 Å². The van der Waals surface area contributed by atoms with E-state index in [2.05, 4.69) is 75.7 Å². The highest BCUT2D eigenvalue weighted by Gasteiger charge is 2.24. The molecule has 1 N–H and O–H groups in total. The molecule has 0 aliphatic heterocycles. The molecule has 0 spiro atoms. The van der Waals surface area contributed by atoms with E-state index in [4.69, 9.17) is 0 Å². The van der Waals surface area contributed by atoms with Crippen LogP contribution in [0, 0.1) is 0 Å². The Labute approximate surface area is 132 Å². The fourth-order valence-corrected chi connectivity index (χ4v) is 2.33. The van der Waals surface area contributed by atoms with E-state index in [-0.39, 0.29) is 10.8 Å². The highest BCUT2D eigenvalue weighted by molar-refractivity contribution is 9.09. The second-order valence-electron chi connectivity index (χ2n) is 7.34. The van der Waals surface area contributed by atoms with Gasteiger partial charge in [0.15, 0.2) is 0 Å². The molecule has 0 aliphatic carbocycles. The molecule has 20 heavy (non-hydrogen) atoms. The maximum Gasteiger partial charge on any atom is 0.126 e. The van der Waals surface area contributed by atoms with Crippen LogP contribution in [0.4, 0.5) is 0 Å². The van der Waals surface area contributed by atoms with Crippen molar-refractivity contribution in [1.29, 1.82) is 0 Å². The maximum atomic E-state index is 10.6. The van der Waals surface area contributed by atoms with E-state index in [1.54, 1.807) is 0 Å². The predicted octanol–water partition coefficient (Wildman–Crippen LogP) is 5.79. The van der Waals surface area contributed by atoms with Crippen molar-refractivity contribution in [2.24, 2.45) is 0 Å². The predicted molar refractivity (Wildman–Crippen MR) is 93.0 cm³/mol. The average Bonchev–Trinajstić information content (AvgIpc) is 2.28. The van der Waals surface area contributed by atoms with Gasteiger partial charge in [-0.2, -0.15) is 0 Å². The quantitative estimate of drug-likeness (QED) is 0.692. The lowest BCUT2D eigenvalue weighted by Gasteiger charge is -2.27. The third kappa shape index (κ3) is 4.37. The summed E-state index contributed by atoms with van der Waals surface area (Å²) in [5.74, 6) is 0.413. The molecule has 2 heteroatoms. The van der Waals surface area contributed by atoms with Crippen molar-refractivity contribution in [3.05, 3.63) is 34.9 Å². The van der Waals surface area contributed by atoms with E-state index in [0.29, 0.717) is 5.75 Å². The summed E-state index contributed by atoms with van der Waals surface area (Å²) in [5, 5.41) is 11.5. The smallest absolute Gasteiger partial charge is 0.126 e. The highest BCUT2D eigenvalue weighted by Crippen LogP contribution is 2.38. The zero-order valence-corrected chi connectivity index (χ0v) is 15.1. The number of hydrogen-bond acceptors (Lipinski definition) is 1. The van der Waals surface area contributed by atoms with Crippen molar-refractivity contribution < 1.29 is 5.11 Å². The van der Waals surface area contributed by atoms with Gasteiger partial charge in [-0.15, -0.1) is 0 Å². The van der Waals surface area contributed by atoms with Gasteiger partial charge in [-0.05, 0) is 28.9 Å². The molecule has 0 aromatic heterocycles. The standard InChI is InChI=1S/C18H27BrO/c1-17(2,3)14-11-13(9-7-8-10-19)16(20)15(12-14)18(4,5)6/h7,9,11-12,20H,8,10H2,1-6H3. The first-order valence-corrected chi connectivity index (χ1v) is 8.30. The number of alkyl halides is 1. The van der Waals surface area contributed by atoms with Crippen LogP contribution in [0.25, 0.3) is 6.08 Å². The number of hydrogen-bond donors (Lipinski definition) is 1. The zero-order valence-electron chi connectivity index (χ0n) is 13.5. The van der Waals surface area contributed by atoms with Gasteiger partial charge in [-0.1, -0.05) is 75.7 Å². The number of rotatable bonds is 3. The minimum Gasteiger partial charge on any atom is -0.507 e. The number of benzene rings is 1. The Kier molecular flexibility index (Phi) is 5.48. The molecule has 1 rings (SSSR count). The SMILES string of the molecule is CC(C)(C)c1cc(C=CCCBr)c(O)c(C(C)(C)C)c1. The van der Waals surface area contributed by atoms with Gasteiger partial charge in [-0.3, -0.25) is 0 Å². The van der Waals surface area contributed by atoms with Crippen molar-refractivity contribution in [2.45, 2.75) is 58.8 Å². The molecule has 0 fully saturated rings. The molecule has 1 aromatic rings. The Morgan fingerprint density at radius 1 is 1.05 bits per heavy atom. The molecule has 112 valence electrons. The van der Waals surface area contributed by atoms with Gasteiger partial charge in [0.25, 0.3) is 0 Å². The summed E-state index contributed by atoms with van der Waals surface area (Å²) in [6.45, 7) is 13.0. The van der Waals surface area contributed by atoms with E-state index in [1.807, 2.05) is 6.08 Å². The first kappa shape index (κ1) is 17.3. The van der Waals surface area contributed by atoms with Gasteiger partial charge in [0, 0.05) is 16.5 Å². The van der Waals surface area contributed by atoms with Crippen molar-refractivity contribution in [2.75, 3.05) is 5.33 Å². The second kappa shape index (κ2) is 6.34. The molecule has 0 radical (unpaired) electrons. The number of phenolic OH excluding ortho intramolecular Hbond substituents is 1. The Hall–Kier alpha value is -0.760. The number of allylic oxidation sites excluding steroid dienone is 1. The Morgan fingerprint density at radius 3 is 2.10 bits per heavy atom. The minimum absolute atomic E-state index is 0.0661. The molecule has 0 amide bonds. The molecule has 0 unspecified atom stereocenters. The number of halogens is 1. The van der Waals surface area contributed by atoms with Crippen molar-refractivity contribution >= 4 is 22.0 Å². The van der Waals surface area contributed by atoms with Gasteiger partial charge in [0.1, 0.15) is 5.75 Å². The molecule has 0 aliphatic rings. The second-order valence-corrected chi connectivity index (χ2v) is 8.13. The largest absolute Gasteiger partial charge is 0.507 e. The van der Waals surface area contributed by atoms with Crippen LogP contribution in [0.15, 0.2) is 18.2 Å². The summed E-state index contributed by atoms with van der Waals surface area (Å²) < 4.78 is 0. The summed E-state index contributed by atoms with van der Waals surface area (Å²) in [7, 11) is 0. The lowest BCUT2D eigenvalue weighted by molar-refractivity contribution is 0.443. The van der Waals surface area contributed by atoms with E-state index in [0.717, 1.165) is 22.9 Å². The summed E-state index contributed by atoms with van der Waals surface area (Å²) in [5.41, 5.74) is 3.21. The van der Waals surface area contributed by atoms with Crippen LogP contribution in [0.3, 0.4) is 0 Å². The van der Waals surface area contributed by atoms with Crippen LogP contribution in [-0.4, -0.2) is 10.4 Å². The van der Waals surface area contributed by atoms with E-state index >= 15 is 0 Å². The molecular weight excluding hydrogens is 312 g/mol. The Morgan fingerprint density at radius 2 is 1.65 bits per heavy atom. The number of phenols is 1. The van der Waals surface area contributed by atoms with E-state index in [1.165, 1.54) is 5.56 Å². The molecule has 0 atom stereocenters. The first-order valence-electron chi connectivity index (χ1n) is 7.18. The van der Waals surface area contributed by atoms with Crippen molar-refractivity contribution in [1.82, 2.24) is 0 Å². The van der Waals surface area contributed by atoms with Gasteiger partial charge < -0.3 is 5.11 Å². The lowest BCUT2D eigenvalue weighted by Crippen LogP contribution is -2.17. The van der Waals surface area contributed by atoms with E-state index in [9.17, 15) is 5.11 Å². The molecule has 0 saturated heterocycles. The van der Waals surface area contributed by atoms with Crippen molar-refractivity contribution in [3.8, 4) is 5.75 Å². The molecule has 0 heterocycles. The van der Waals surface area contributed by atoms with Crippen LogP contribution in [0.2, 0.25) is 0 Å². The summed E-state index contributed by atoms with van der Waals surface area (Å²) in [4.78, 5) is 0. The first-order chi connectivity index (χ1) is 9.07. The van der Waals surface area contributed by atoms with Crippen molar-refractivity contribution in [3.63, 3.8) is 0 Å².